The van der Waals surface area contributed by atoms with Gasteiger partial charge in [0.05, 0.1) is 6.04 Å². The number of nitrogens with zero attached hydrogens (tertiary/aromatic N) is 5. The fraction of sp³-hybridized carbons (Fsp3) is 0.625. The maximum atomic E-state index is 12.8. The van der Waals surface area contributed by atoms with Gasteiger partial charge in [-0.25, -0.2) is 4.98 Å². The monoisotopic (exact) mass is 353 g/mol. The Morgan fingerprint density at radius 2 is 2.12 bits per heavy atom. The highest BCUT2D eigenvalue weighted by Gasteiger charge is 2.41. The van der Waals surface area contributed by atoms with Gasteiger partial charge in [0.2, 0.25) is 5.91 Å². The first-order chi connectivity index (χ1) is 11.8. The summed E-state index contributed by atoms with van der Waals surface area (Å²) in [5.74, 6) is 2.66. The molecule has 0 fully saturated rings. The van der Waals surface area contributed by atoms with Crippen molar-refractivity contribution in [2.75, 3.05) is 6.54 Å². The zero-order chi connectivity index (χ0) is 18.2. The van der Waals surface area contributed by atoms with Crippen LogP contribution in [0.3, 0.4) is 0 Å². The average Bonchev–Trinajstić information content (AvgIpc) is 3.17. The van der Waals surface area contributed by atoms with E-state index in [2.05, 4.69) is 21.1 Å². The van der Waals surface area contributed by atoms with Crippen LogP contribution in [-0.4, -0.2) is 32.6 Å². The molecule has 6 nitrogen and oxygen atoms in total. The van der Waals surface area contributed by atoms with Gasteiger partial charge in [-0.1, -0.05) is 0 Å². The first-order valence-corrected chi connectivity index (χ1v) is 8.07. The summed E-state index contributed by atoms with van der Waals surface area (Å²) in [6.45, 7) is 2.34. The van der Waals surface area contributed by atoms with Gasteiger partial charge in [0, 0.05) is 45.0 Å². The highest BCUT2D eigenvalue weighted by Crippen LogP contribution is 2.38. The Bertz CT molecular complexity index is 740. The van der Waals surface area contributed by atoms with Gasteiger partial charge in [0.25, 0.3) is 0 Å². The van der Waals surface area contributed by atoms with Crippen LogP contribution in [0.25, 0.3) is 0 Å². The third-order valence-electron chi connectivity index (χ3n) is 4.63. The van der Waals surface area contributed by atoms with E-state index in [4.69, 9.17) is 6.42 Å². The van der Waals surface area contributed by atoms with E-state index in [1.807, 2.05) is 0 Å². The third-order valence-corrected chi connectivity index (χ3v) is 4.63. The smallest absolute Gasteiger partial charge is 0.331 e. The minimum atomic E-state index is -4.49. The quantitative estimate of drug-likeness (QED) is 0.764. The second-order valence-corrected chi connectivity index (χ2v) is 6.33. The Labute approximate surface area is 143 Å². The van der Waals surface area contributed by atoms with E-state index < -0.39 is 23.6 Å². The third kappa shape index (κ3) is 3.52. The number of imidazole rings is 1. The number of hydrogen-bond donors (Lipinski definition) is 0. The minimum Gasteiger partial charge on any atom is -0.331 e. The zero-order valence-electron chi connectivity index (χ0n) is 13.8. The molecule has 0 saturated carbocycles. The van der Waals surface area contributed by atoms with Gasteiger partial charge in [-0.15, -0.1) is 12.3 Å². The molecule has 2 aliphatic rings. The van der Waals surface area contributed by atoms with E-state index in [1.54, 1.807) is 11.8 Å². The van der Waals surface area contributed by atoms with Crippen LogP contribution in [0.15, 0.2) is 16.4 Å². The zero-order valence-corrected chi connectivity index (χ0v) is 13.8. The fourth-order valence-corrected chi connectivity index (χ4v) is 3.09. The SMILES string of the molecule is C#CCCC1(CCC(=O)N2CCn3cc(C(F)(F)F)nc3C2C)N=N1. The number of fused-ring (bicyclic) bond motifs is 1. The van der Waals surface area contributed by atoms with Gasteiger partial charge < -0.3 is 9.47 Å². The Kier molecular flexibility index (Phi) is 4.31. The molecule has 1 aromatic heterocycles. The van der Waals surface area contributed by atoms with Crippen molar-refractivity contribution in [3.63, 3.8) is 0 Å². The summed E-state index contributed by atoms with van der Waals surface area (Å²) < 4.78 is 39.9. The second-order valence-electron chi connectivity index (χ2n) is 6.33. The van der Waals surface area contributed by atoms with Crippen molar-refractivity contribution < 1.29 is 18.0 Å². The number of alkyl halides is 3. The largest absolute Gasteiger partial charge is 0.434 e. The number of hydrogen-bond acceptors (Lipinski definition) is 4. The van der Waals surface area contributed by atoms with E-state index in [-0.39, 0.29) is 18.2 Å². The van der Waals surface area contributed by atoms with Gasteiger partial charge in [-0.3, -0.25) is 4.79 Å². The van der Waals surface area contributed by atoms with Crippen LogP contribution >= 0.6 is 0 Å². The molecule has 1 atom stereocenters. The highest BCUT2D eigenvalue weighted by atomic mass is 19.4. The molecular formula is C16H18F3N5O. The lowest BCUT2D eigenvalue weighted by atomic mass is 10.0. The Hall–Kier alpha value is -2.37. The van der Waals surface area contributed by atoms with E-state index >= 15 is 0 Å². The molecule has 0 aromatic carbocycles. The second kappa shape index (κ2) is 6.17. The van der Waals surface area contributed by atoms with Crippen LogP contribution in [0, 0.1) is 12.3 Å². The van der Waals surface area contributed by atoms with Gasteiger partial charge in [0.1, 0.15) is 5.82 Å². The highest BCUT2D eigenvalue weighted by molar-refractivity contribution is 5.76. The van der Waals surface area contributed by atoms with E-state index in [0.717, 1.165) is 6.20 Å². The molecule has 25 heavy (non-hydrogen) atoms. The molecule has 0 radical (unpaired) electrons. The van der Waals surface area contributed by atoms with Crippen molar-refractivity contribution in [1.82, 2.24) is 14.5 Å². The van der Waals surface area contributed by atoms with Crippen LogP contribution in [0.2, 0.25) is 0 Å². The molecule has 3 rings (SSSR count). The lowest BCUT2D eigenvalue weighted by Crippen LogP contribution is -2.41. The summed E-state index contributed by atoms with van der Waals surface area (Å²) in [6.07, 6.45) is 3.61. The predicted molar refractivity (Wildman–Crippen MR) is 82.2 cm³/mol. The van der Waals surface area contributed by atoms with E-state index in [1.165, 1.54) is 4.57 Å². The lowest BCUT2D eigenvalue weighted by Gasteiger charge is -2.34. The average molecular weight is 353 g/mol. The molecule has 1 amide bonds. The van der Waals surface area contributed by atoms with E-state index in [9.17, 15) is 18.0 Å². The van der Waals surface area contributed by atoms with Crippen molar-refractivity contribution in [1.29, 1.82) is 0 Å². The summed E-state index contributed by atoms with van der Waals surface area (Å²) in [6, 6.07) is -0.507. The predicted octanol–water partition coefficient (Wildman–Crippen LogP) is 3.16. The molecule has 134 valence electrons. The topological polar surface area (TPSA) is 62.9 Å². The summed E-state index contributed by atoms with van der Waals surface area (Å²) >= 11 is 0. The number of carbonyl (C=O) groups is 1. The fourth-order valence-electron chi connectivity index (χ4n) is 3.09. The Morgan fingerprint density at radius 1 is 1.40 bits per heavy atom. The van der Waals surface area contributed by atoms with Crippen LogP contribution in [0.4, 0.5) is 13.2 Å². The minimum absolute atomic E-state index is 0.132. The Morgan fingerprint density at radius 3 is 2.72 bits per heavy atom. The van der Waals surface area contributed by atoms with Gasteiger partial charge in [-0.05, 0) is 6.92 Å². The number of halogens is 3. The molecule has 0 aliphatic carbocycles. The molecular weight excluding hydrogens is 335 g/mol. The molecule has 3 heterocycles. The lowest BCUT2D eigenvalue weighted by molar-refractivity contribution is -0.141. The first-order valence-electron chi connectivity index (χ1n) is 8.07. The van der Waals surface area contributed by atoms with E-state index in [0.29, 0.717) is 32.4 Å². The summed E-state index contributed by atoms with van der Waals surface area (Å²) in [7, 11) is 0. The summed E-state index contributed by atoms with van der Waals surface area (Å²) in [5.41, 5.74) is -1.46. The van der Waals surface area contributed by atoms with Gasteiger partial charge >= 0.3 is 6.18 Å². The van der Waals surface area contributed by atoms with Crippen molar-refractivity contribution in [2.45, 2.75) is 57.0 Å². The number of aromatic nitrogens is 2. The maximum Gasteiger partial charge on any atom is 0.434 e. The van der Waals surface area contributed by atoms with Gasteiger partial charge in [0.15, 0.2) is 11.4 Å². The van der Waals surface area contributed by atoms with Crippen molar-refractivity contribution in [3.8, 4) is 12.3 Å². The van der Waals surface area contributed by atoms with Crippen molar-refractivity contribution in [3.05, 3.63) is 17.7 Å². The maximum absolute atomic E-state index is 12.8. The number of amides is 1. The standard InChI is InChI=1S/C16H18F3N5O/c1-3-4-6-15(21-22-15)7-5-13(25)24-9-8-23-10-12(16(17,18)19)20-14(23)11(24)2/h1,10-11H,4-9H2,2H3. The molecule has 1 aromatic rings. The van der Waals surface area contributed by atoms with Crippen LogP contribution in [0.1, 0.15) is 50.2 Å². The molecule has 0 saturated heterocycles. The molecule has 9 heteroatoms. The van der Waals surface area contributed by atoms with Crippen LogP contribution in [0.5, 0.6) is 0 Å². The molecule has 2 aliphatic heterocycles. The Balaban J connectivity index is 1.63. The molecule has 1 unspecified atom stereocenters. The number of carbonyl (C=O) groups excluding carboxylic acids is 1. The molecule has 0 bridgehead atoms. The van der Waals surface area contributed by atoms with Crippen LogP contribution < -0.4 is 0 Å². The number of rotatable bonds is 5. The molecule has 0 spiro atoms. The normalized spacial score (nSPS) is 20.9. The summed E-state index contributed by atoms with van der Waals surface area (Å²) in [5, 5.41) is 7.98. The van der Waals surface area contributed by atoms with Crippen LogP contribution in [-0.2, 0) is 17.5 Å². The molecule has 0 N–H and O–H groups in total. The summed E-state index contributed by atoms with van der Waals surface area (Å²) in [4.78, 5) is 17.8. The van der Waals surface area contributed by atoms with Crippen molar-refractivity contribution in [2.24, 2.45) is 10.2 Å². The number of terminal acetylenes is 1. The van der Waals surface area contributed by atoms with Gasteiger partial charge in [-0.2, -0.15) is 23.4 Å². The first kappa shape index (κ1) is 17.5. The van der Waals surface area contributed by atoms with Crippen molar-refractivity contribution >= 4 is 5.91 Å².